The summed E-state index contributed by atoms with van der Waals surface area (Å²) >= 11 is 13.2. The third-order valence-electron chi connectivity index (χ3n) is 4.06. The first kappa shape index (κ1) is 21.2. The molecule has 1 aromatic heterocycles. The minimum Gasteiger partial charge on any atom is -0.494 e. The smallest absolute Gasteiger partial charge is 0.341 e. The van der Waals surface area contributed by atoms with Crippen LogP contribution in [0.1, 0.15) is 27.6 Å². The number of benzene rings is 2. The number of thiophene rings is 1. The van der Waals surface area contributed by atoms with Crippen LogP contribution >= 0.6 is 34.5 Å². The van der Waals surface area contributed by atoms with Crippen LogP contribution in [0.4, 0.5) is 5.00 Å². The van der Waals surface area contributed by atoms with E-state index >= 15 is 0 Å². The topological polar surface area (TPSA) is 64.6 Å². The number of ether oxygens (including phenoxy) is 2. The Labute approximate surface area is 182 Å². The van der Waals surface area contributed by atoms with Crippen molar-refractivity contribution in [3.63, 3.8) is 0 Å². The van der Waals surface area contributed by atoms with Crippen LogP contribution < -0.4 is 10.1 Å². The molecule has 0 atom stereocenters. The maximum Gasteiger partial charge on any atom is 0.341 e. The van der Waals surface area contributed by atoms with Crippen LogP contribution in [0.5, 0.6) is 5.75 Å². The van der Waals surface area contributed by atoms with Gasteiger partial charge in [-0.3, -0.25) is 4.79 Å². The number of anilines is 1. The van der Waals surface area contributed by atoms with Gasteiger partial charge in [0.25, 0.3) is 5.91 Å². The van der Waals surface area contributed by atoms with Crippen molar-refractivity contribution < 1.29 is 19.1 Å². The highest BCUT2D eigenvalue weighted by atomic mass is 35.5. The number of nitrogens with one attached hydrogen (secondary N) is 1. The number of carbonyl (C=O) groups excluding carboxylic acids is 2. The van der Waals surface area contributed by atoms with Crippen LogP contribution in [0.3, 0.4) is 0 Å². The number of hydrogen-bond acceptors (Lipinski definition) is 5. The van der Waals surface area contributed by atoms with Crippen molar-refractivity contribution >= 4 is 51.4 Å². The van der Waals surface area contributed by atoms with Crippen LogP contribution in [0.2, 0.25) is 10.0 Å². The zero-order valence-electron chi connectivity index (χ0n) is 15.6. The van der Waals surface area contributed by atoms with Crippen LogP contribution in [0, 0.1) is 0 Å². The summed E-state index contributed by atoms with van der Waals surface area (Å²) in [6.45, 7) is 2.47. The van der Waals surface area contributed by atoms with Gasteiger partial charge in [-0.15, -0.1) is 11.3 Å². The monoisotopic (exact) mass is 449 g/mol. The number of methoxy groups -OCH3 is 1. The fraction of sp³-hybridized carbons (Fsp3) is 0.143. The summed E-state index contributed by atoms with van der Waals surface area (Å²) < 4.78 is 10.4. The first-order valence-electron chi connectivity index (χ1n) is 8.64. The van der Waals surface area contributed by atoms with Crippen molar-refractivity contribution in [3.05, 3.63) is 69.0 Å². The average molecular weight is 450 g/mol. The molecule has 0 unspecified atom stereocenters. The Hall–Kier alpha value is -2.54. The molecule has 0 spiro atoms. The Balaban J connectivity index is 1.95. The van der Waals surface area contributed by atoms with Gasteiger partial charge in [0.1, 0.15) is 16.3 Å². The van der Waals surface area contributed by atoms with Gasteiger partial charge in [0.15, 0.2) is 0 Å². The first-order valence-corrected chi connectivity index (χ1v) is 10.3. The van der Waals surface area contributed by atoms with Crippen LogP contribution in [0.15, 0.2) is 47.8 Å². The molecule has 0 aliphatic rings. The van der Waals surface area contributed by atoms with E-state index in [-0.39, 0.29) is 16.1 Å². The molecule has 0 aliphatic heterocycles. The summed E-state index contributed by atoms with van der Waals surface area (Å²) in [5.41, 5.74) is 1.99. The molecule has 150 valence electrons. The normalized spacial score (nSPS) is 10.5. The lowest BCUT2D eigenvalue weighted by molar-refractivity contribution is 0.0603. The molecule has 8 heteroatoms. The molecule has 0 aliphatic carbocycles. The molecule has 5 nitrogen and oxygen atoms in total. The SMILES string of the molecule is CCOc1ccc(-c2csc(NC(=O)c3ccc(Cl)cc3Cl)c2C(=O)OC)cc1. The number of esters is 1. The second kappa shape index (κ2) is 9.31. The lowest BCUT2D eigenvalue weighted by Crippen LogP contribution is -2.14. The number of amides is 1. The lowest BCUT2D eigenvalue weighted by atomic mass is 10.0. The van der Waals surface area contributed by atoms with Crippen molar-refractivity contribution in [2.45, 2.75) is 6.92 Å². The van der Waals surface area contributed by atoms with E-state index in [9.17, 15) is 9.59 Å². The molecular formula is C21H17Cl2NO4S. The van der Waals surface area contributed by atoms with Gasteiger partial charge in [0.2, 0.25) is 0 Å². The number of carbonyl (C=O) groups is 2. The second-order valence-corrected chi connectivity index (χ2v) is 7.60. The number of rotatable bonds is 6. The van der Waals surface area contributed by atoms with E-state index in [1.54, 1.807) is 11.4 Å². The van der Waals surface area contributed by atoms with Crippen molar-refractivity contribution in [3.8, 4) is 16.9 Å². The Morgan fingerprint density at radius 1 is 1.10 bits per heavy atom. The molecule has 0 saturated heterocycles. The molecule has 1 heterocycles. The zero-order valence-corrected chi connectivity index (χ0v) is 18.0. The Kier molecular flexibility index (Phi) is 6.79. The standard InChI is InChI=1S/C21H17Cl2NO4S/c1-3-28-14-7-4-12(5-8-14)16-11-29-20(18(16)21(26)27-2)24-19(25)15-9-6-13(22)10-17(15)23/h4-11H,3H2,1-2H3,(H,24,25). The Bertz CT molecular complexity index is 1050. The predicted octanol–water partition coefficient (Wildman–Crippen LogP) is 6.16. The number of hydrogen-bond donors (Lipinski definition) is 1. The summed E-state index contributed by atoms with van der Waals surface area (Å²) in [4.78, 5) is 25.1. The molecule has 3 rings (SSSR count). The molecule has 0 saturated carbocycles. The van der Waals surface area contributed by atoms with Gasteiger partial charge in [-0.05, 0) is 42.8 Å². The van der Waals surface area contributed by atoms with E-state index in [1.807, 2.05) is 31.2 Å². The van der Waals surface area contributed by atoms with Gasteiger partial charge in [-0.2, -0.15) is 0 Å². The minimum atomic E-state index is -0.548. The first-order chi connectivity index (χ1) is 13.9. The van der Waals surface area contributed by atoms with E-state index in [0.717, 1.165) is 11.3 Å². The van der Waals surface area contributed by atoms with Crippen molar-refractivity contribution in [2.24, 2.45) is 0 Å². The maximum atomic E-state index is 12.7. The molecule has 0 bridgehead atoms. The van der Waals surface area contributed by atoms with Crippen molar-refractivity contribution in [1.29, 1.82) is 0 Å². The van der Waals surface area contributed by atoms with Gasteiger partial charge >= 0.3 is 5.97 Å². The summed E-state index contributed by atoms with van der Waals surface area (Å²) in [6.07, 6.45) is 0. The predicted molar refractivity (Wildman–Crippen MR) is 117 cm³/mol. The number of halogens is 2. The highest BCUT2D eigenvalue weighted by Gasteiger charge is 2.23. The summed E-state index contributed by atoms with van der Waals surface area (Å²) in [7, 11) is 1.30. The summed E-state index contributed by atoms with van der Waals surface area (Å²) in [5, 5.41) is 5.56. The van der Waals surface area contributed by atoms with Crippen LogP contribution in [-0.2, 0) is 4.74 Å². The molecule has 0 radical (unpaired) electrons. The fourth-order valence-corrected chi connectivity index (χ4v) is 4.16. The summed E-state index contributed by atoms with van der Waals surface area (Å²) in [6, 6.07) is 11.9. The molecule has 3 aromatic rings. The lowest BCUT2D eigenvalue weighted by Gasteiger charge is -2.09. The van der Waals surface area contributed by atoms with E-state index in [2.05, 4.69) is 5.32 Å². The molecule has 0 fully saturated rings. The molecular weight excluding hydrogens is 433 g/mol. The van der Waals surface area contributed by atoms with E-state index < -0.39 is 11.9 Å². The quantitative estimate of drug-likeness (QED) is 0.457. The Morgan fingerprint density at radius 2 is 1.83 bits per heavy atom. The third-order valence-corrected chi connectivity index (χ3v) is 5.50. The third kappa shape index (κ3) is 4.72. The van der Waals surface area contributed by atoms with Crippen molar-refractivity contribution in [2.75, 3.05) is 19.0 Å². The molecule has 1 N–H and O–H groups in total. The van der Waals surface area contributed by atoms with Gasteiger partial charge in [-0.1, -0.05) is 35.3 Å². The molecule has 29 heavy (non-hydrogen) atoms. The van der Waals surface area contributed by atoms with Gasteiger partial charge in [-0.25, -0.2) is 4.79 Å². The van der Waals surface area contributed by atoms with Gasteiger partial charge in [0, 0.05) is 16.0 Å². The largest absolute Gasteiger partial charge is 0.494 e. The molecule has 2 aromatic carbocycles. The van der Waals surface area contributed by atoms with Crippen molar-refractivity contribution in [1.82, 2.24) is 0 Å². The highest BCUT2D eigenvalue weighted by molar-refractivity contribution is 7.15. The van der Waals surface area contributed by atoms with Crippen LogP contribution in [-0.4, -0.2) is 25.6 Å². The second-order valence-electron chi connectivity index (χ2n) is 5.88. The highest BCUT2D eigenvalue weighted by Crippen LogP contribution is 2.37. The average Bonchev–Trinajstić information content (AvgIpc) is 3.11. The van der Waals surface area contributed by atoms with Gasteiger partial charge in [0.05, 0.1) is 24.3 Å². The van der Waals surface area contributed by atoms with Crippen LogP contribution in [0.25, 0.3) is 11.1 Å². The minimum absolute atomic E-state index is 0.220. The van der Waals surface area contributed by atoms with Gasteiger partial charge < -0.3 is 14.8 Å². The van der Waals surface area contributed by atoms with E-state index in [1.165, 1.54) is 30.6 Å². The Morgan fingerprint density at radius 3 is 2.45 bits per heavy atom. The van der Waals surface area contributed by atoms with E-state index in [0.29, 0.717) is 22.2 Å². The zero-order chi connectivity index (χ0) is 21.0. The summed E-state index contributed by atoms with van der Waals surface area (Å²) in [5.74, 6) is -0.262. The molecule has 1 amide bonds. The maximum absolute atomic E-state index is 12.7. The fourth-order valence-electron chi connectivity index (χ4n) is 2.71. The van der Waals surface area contributed by atoms with E-state index in [4.69, 9.17) is 32.7 Å².